The van der Waals surface area contributed by atoms with Crippen molar-refractivity contribution >= 4 is 27.9 Å². The Morgan fingerprint density at radius 3 is 3.00 bits per heavy atom. The van der Waals surface area contributed by atoms with Gasteiger partial charge in [0.1, 0.15) is 0 Å². The molecule has 18 heavy (non-hydrogen) atoms. The Morgan fingerprint density at radius 1 is 1.22 bits per heavy atom. The lowest BCUT2D eigenvalue weighted by molar-refractivity contribution is 0.0994. The molecule has 2 aromatic heterocycles. The number of ketones is 1. The van der Waals surface area contributed by atoms with Gasteiger partial charge in [-0.05, 0) is 33.8 Å². The zero-order valence-electron chi connectivity index (χ0n) is 9.67. The summed E-state index contributed by atoms with van der Waals surface area (Å²) in [7, 11) is 0. The van der Waals surface area contributed by atoms with Gasteiger partial charge in [0, 0.05) is 29.8 Å². The Bertz CT molecular complexity index is 683. The van der Waals surface area contributed by atoms with Crippen molar-refractivity contribution in [2.24, 2.45) is 0 Å². The van der Waals surface area contributed by atoms with Gasteiger partial charge in [0.15, 0.2) is 5.78 Å². The van der Waals surface area contributed by atoms with Crippen molar-refractivity contribution in [1.29, 1.82) is 0 Å². The molecule has 0 bridgehead atoms. The summed E-state index contributed by atoms with van der Waals surface area (Å²) in [6.07, 6.45) is 3.96. The molecule has 88 valence electrons. The van der Waals surface area contributed by atoms with E-state index in [2.05, 4.69) is 4.98 Å². The molecule has 0 aliphatic rings. The molecule has 1 aromatic carbocycles. The van der Waals surface area contributed by atoms with E-state index < -0.39 is 0 Å². The van der Waals surface area contributed by atoms with Crippen LogP contribution >= 0.6 is 11.3 Å². The average Bonchev–Trinajstić information content (AvgIpc) is 2.91. The lowest BCUT2D eigenvalue weighted by Crippen LogP contribution is -2.03. The highest BCUT2D eigenvalue weighted by molar-refractivity contribution is 7.08. The van der Waals surface area contributed by atoms with E-state index in [1.165, 1.54) is 0 Å². The molecule has 0 amide bonds. The number of benzene rings is 1. The second kappa shape index (κ2) is 4.70. The predicted molar refractivity (Wildman–Crippen MR) is 74.1 cm³/mol. The van der Waals surface area contributed by atoms with Crippen molar-refractivity contribution in [3.8, 4) is 0 Å². The molecule has 2 heterocycles. The minimum atomic E-state index is 0.145. The fraction of sp³-hybridized carbons (Fsp3) is 0.0667. The Balaban J connectivity index is 2.01. The van der Waals surface area contributed by atoms with E-state index in [0.717, 1.165) is 21.9 Å². The van der Waals surface area contributed by atoms with Crippen LogP contribution in [0.25, 0.3) is 10.8 Å². The van der Waals surface area contributed by atoms with E-state index in [4.69, 9.17) is 0 Å². The topological polar surface area (TPSA) is 30.0 Å². The molecule has 3 aromatic rings. The van der Waals surface area contributed by atoms with Crippen LogP contribution in [0, 0.1) is 0 Å². The fourth-order valence-electron chi connectivity index (χ4n) is 2.03. The van der Waals surface area contributed by atoms with Crippen LogP contribution < -0.4 is 0 Å². The molecule has 0 fully saturated rings. The molecule has 0 spiro atoms. The maximum atomic E-state index is 12.3. The highest BCUT2D eigenvalue weighted by Gasteiger charge is 2.10. The van der Waals surface area contributed by atoms with Crippen LogP contribution in [-0.4, -0.2) is 10.8 Å². The highest BCUT2D eigenvalue weighted by Crippen LogP contribution is 2.19. The van der Waals surface area contributed by atoms with Gasteiger partial charge in [0.25, 0.3) is 0 Å². The van der Waals surface area contributed by atoms with Crippen LogP contribution in [0.15, 0.2) is 53.5 Å². The van der Waals surface area contributed by atoms with Gasteiger partial charge in [-0.25, -0.2) is 0 Å². The van der Waals surface area contributed by atoms with Gasteiger partial charge in [0.05, 0.1) is 0 Å². The SMILES string of the molecule is O=C(Cc1ccsc1)c1cccc2ccncc12. The molecule has 0 radical (unpaired) electrons. The van der Waals surface area contributed by atoms with E-state index in [-0.39, 0.29) is 5.78 Å². The smallest absolute Gasteiger partial charge is 0.167 e. The first-order chi connectivity index (χ1) is 8.84. The summed E-state index contributed by atoms with van der Waals surface area (Å²) in [4.78, 5) is 16.4. The molecular formula is C15H11NOS. The summed E-state index contributed by atoms with van der Waals surface area (Å²) < 4.78 is 0. The van der Waals surface area contributed by atoms with E-state index in [1.54, 1.807) is 23.7 Å². The number of nitrogens with zero attached hydrogens (tertiary/aromatic N) is 1. The number of Topliss-reactive ketones (excluding diaryl/α,β-unsaturated/α-hetero) is 1. The largest absolute Gasteiger partial charge is 0.294 e. The summed E-state index contributed by atoms with van der Waals surface area (Å²) in [5, 5.41) is 6.00. The van der Waals surface area contributed by atoms with Crippen molar-refractivity contribution in [3.05, 3.63) is 64.6 Å². The molecule has 0 aliphatic heterocycles. The molecule has 0 N–H and O–H groups in total. The summed E-state index contributed by atoms with van der Waals surface area (Å²) >= 11 is 1.62. The van der Waals surface area contributed by atoms with Crippen molar-refractivity contribution in [2.45, 2.75) is 6.42 Å². The molecule has 0 unspecified atom stereocenters. The molecule has 2 nitrogen and oxygen atoms in total. The molecule has 3 rings (SSSR count). The number of carbonyl (C=O) groups excluding carboxylic acids is 1. The third kappa shape index (κ3) is 2.05. The zero-order chi connectivity index (χ0) is 12.4. The fourth-order valence-corrected chi connectivity index (χ4v) is 2.70. The van der Waals surface area contributed by atoms with Crippen molar-refractivity contribution in [1.82, 2.24) is 4.98 Å². The predicted octanol–water partition coefficient (Wildman–Crippen LogP) is 3.72. The van der Waals surface area contributed by atoms with Crippen LogP contribution in [0.4, 0.5) is 0 Å². The third-order valence-electron chi connectivity index (χ3n) is 2.93. The third-order valence-corrected chi connectivity index (χ3v) is 3.66. The first-order valence-corrected chi connectivity index (χ1v) is 6.66. The number of hydrogen-bond acceptors (Lipinski definition) is 3. The normalized spacial score (nSPS) is 10.7. The molecule has 0 atom stereocenters. The van der Waals surface area contributed by atoms with Gasteiger partial charge in [-0.2, -0.15) is 11.3 Å². The van der Waals surface area contributed by atoms with Gasteiger partial charge in [-0.15, -0.1) is 0 Å². The molecule has 0 saturated carbocycles. The van der Waals surface area contributed by atoms with E-state index in [9.17, 15) is 4.79 Å². The number of fused-ring (bicyclic) bond motifs is 1. The Hall–Kier alpha value is -2.00. The number of hydrogen-bond donors (Lipinski definition) is 0. The zero-order valence-corrected chi connectivity index (χ0v) is 10.5. The summed E-state index contributed by atoms with van der Waals surface area (Å²) in [5.41, 5.74) is 1.83. The van der Waals surface area contributed by atoms with Crippen LogP contribution in [0.2, 0.25) is 0 Å². The second-order valence-corrected chi connectivity index (χ2v) is 4.91. The van der Waals surface area contributed by atoms with Gasteiger partial charge >= 0.3 is 0 Å². The minimum absolute atomic E-state index is 0.145. The summed E-state index contributed by atoms with van der Waals surface area (Å²) in [6.45, 7) is 0. The maximum Gasteiger partial charge on any atom is 0.167 e. The first-order valence-electron chi connectivity index (χ1n) is 5.71. The number of carbonyl (C=O) groups is 1. The standard InChI is InChI=1S/C15H11NOS/c17-15(8-11-5-7-18-10-11)13-3-1-2-12-4-6-16-9-14(12)13/h1-7,9-10H,8H2. The van der Waals surface area contributed by atoms with Crippen molar-refractivity contribution < 1.29 is 4.79 Å². The number of pyridine rings is 1. The van der Waals surface area contributed by atoms with Crippen LogP contribution in [0.5, 0.6) is 0 Å². The molecular weight excluding hydrogens is 242 g/mol. The Kier molecular flexibility index (Phi) is 2.90. The van der Waals surface area contributed by atoms with Crippen LogP contribution in [-0.2, 0) is 6.42 Å². The Labute approximate surface area is 109 Å². The van der Waals surface area contributed by atoms with Gasteiger partial charge < -0.3 is 0 Å². The van der Waals surface area contributed by atoms with Crippen molar-refractivity contribution in [2.75, 3.05) is 0 Å². The van der Waals surface area contributed by atoms with E-state index in [0.29, 0.717) is 6.42 Å². The molecule has 0 aliphatic carbocycles. The maximum absolute atomic E-state index is 12.3. The van der Waals surface area contributed by atoms with Gasteiger partial charge in [-0.3, -0.25) is 9.78 Å². The van der Waals surface area contributed by atoms with E-state index in [1.807, 2.05) is 41.1 Å². The lowest BCUT2D eigenvalue weighted by Gasteiger charge is -2.04. The van der Waals surface area contributed by atoms with Crippen LogP contribution in [0.3, 0.4) is 0 Å². The summed E-state index contributed by atoms with van der Waals surface area (Å²) in [5.74, 6) is 0.145. The van der Waals surface area contributed by atoms with Crippen LogP contribution in [0.1, 0.15) is 15.9 Å². The second-order valence-electron chi connectivity index (χ2n) is 4.13. The number of aromatic nitrogens is 1. The Morgan fingerprint density at radius 2 is 2.17 bits per heavy atom. The molecule has 0 saturated heterocycles. The monoisotopic (exact) mass is 253 g/mol. The lowest BCUT2D eigenvalue weighted by atomic mass is 10.00. The minimum Gasteiger partial charge on any atom is -0.294 e. The quantitative estimate of drug-likeness (QED) is 0.666. The van der Waals surface area contributed by atoms with E-state index >= 15 is 0 Å². The summed E-state index contributed by atoms with van der Waals surface area (Å²) in [6, 6.07) is 9.71. The highest BCUT2D eigenvalue weighted by atomic mass is 32.1. The van der Waals surface area contributed by atoms with Gasteiger partial charge in [-0.1, -0.05) is 18.2 Å². The van der Waals surface area contributed by atoms with Gasteiger partial charge in [0.2, 0.25) is 0 Å². The molecule has 3 heteroatoms. The number of rotatable bonds is 3. The first kappa shape index (κ1) is 11.1. The average molecular weight is 253 g/mol. The van der Waals surface area contributed by atoms with Crippen molar-refractivity contribution in [3.63, 3.8) is 0 Å². The number of thiophene rings is 1.